The number of aromatic nitrogens is 1. The van der Waals surface area contributed by atoms with Gasteiger partial charge in [0.05, 0.1) is 12.3 Å². The minimum Gasteiger partial charge on any atom is -0.380 e. The van der Waals surface area contributed by atoms with Crippen LogP contribution in [0.25, 0.3) is 0 Å². The second kappa shape index (κ2) is 6.99. The minimum atomic E-state index is 0.615. The summed E-state index contributed by atoms with van der Waals surface area (Å²) in [6.45, 7) is 11.9. The standard InChI is InChI=1S/C12H22N2OS/c1-9(2)8-15-6-5-13-7-12-14-10(3)11(4)16-12/h9,13H,5-8H2,1-4H3. The van der Waals surface area contributed by atoms with Crippen LogP contribution in [0.3, 0.4) is 0 Å². The number of hydrogen-bond donors (Lipinski definition) is 1. The molecule has 0 radical (unpaired) electrons. The summed E-state index contributed by atoms with van der Waals surface area (Å²) < 4.78 is 5.48. The molecule has 0 atom stereocenters. The first-order chi connectivity index (χ1) is 7.59. The van der Waals surface area contributed by atoms with E-state index in [9.17, 15) is 0 Å². The normalized spacial score (nSPS) is 11.3. The Labute approximate surface area is 102 Å². The van der Waals surface area contributed by atoms with Crippen molar-refractivity contribution in [3.05, 3.63) is 15.6 Å². The third-order valence-electron chi connectivity index (χ3n) is 2.22. The van der Waals surface area contributed by atoms with E-state index in [1.165, 1.54) is 9.88 Å². The summed E-state index contributed by atoms with van der Waals surface area (Å²) in [5.74, 6) is 0.615. The lowest BCUT2D eigenvalue weighted by Crippen LogP contribution is -2.20. The predicted molar refractivity (Wildman–Crippen MR) is 69.0 cm³/mol. The van der Waals surface area contributed by atoms with E-state index in [1.807, 2.05) is 0 Å². The quantitative estimate of drug-likeness (QED) is 0.746. The molecule has 1 rings (SSSR count). The fraction of sp³-hybridized carbons (Fsp3) is 0.750. The lowest BCUT2D eigenvalue weighted by molar-refractivity contribution is 0.111. The molecule has 1 aromatic rings. The predicted octanol–water partition coefficient (Wildman–Crippen LogP) is 2.52. The first kappa shape index (κ1) is 13.6. The average molecular weight is 242 g/mol. The van der Waals surface area contributed by atoms with E-state index in [1.54, 1.807) is 11.3 Å². The molecule has 0 aliphatic heterocycles. The molecular weight excluding hydrogens is 220 g/mol. The summed E-state index contributed by atoms with van der Waals surface area (Å²) in [5.41, 5.74) is 1.15. The number of thiazole rings is 1. The van der Waals surface area contributed by atoms with Gasteiger partial charge in [-0.2, -0.15) is 0 Å². The SMILES string of the molecule is Cc1nc(CNCCOCC(C)C)sc1C. The van der Waals surface area contributed by atoms with Crippen molar-refractivity contribution in [2.24, 2.45) is 5.92 Å². The molecule has 0 fully saturated rings. The lowest BCUT2D eigenvalue weighted by atomic mass is 10.2. The Kier molecular flexibility index (Phi) is 5.95. The van der Waals surface area contributed by atoms with Gasteiger partial charge < -0.3 is 10.1 Å². The molecule has 92 valence electrons. The average Bonchev–Trinajstić information content (AvgIpc) is 2.52. The third-order valence-corrected chi connectivity index (χ3v) is 3.30. The Morgan fingerprint density at radius 3 is 2.69 bits per heavy atom. The Morgan fingerprint density at radius 2 is 2.12 bits per heavy atom. The molecule has 1 N–H and O–H groups in total. The summed E-state index contributed by atoms with van der Waals surface area (Å²) in [6, 6.07) is 0. The number of nitrogens with zero attached hydrogens (tertiary/aromatic N) is 1. The molecule has 0 saturated carbocycles. The van der Waals surface area contributed by atoms with Gasteiger partial charge in [0, 0.05) is 24.6 Å². The van der Waals surface area contributed by atoms with Gasteiger partial charge in [-0.25, -0.2) is 4.98 Å². The van der Waals surface area contributed by atoms with E-state index < -0.39 is 0 Å². The van der Waals surface area contributed by atoms with E-state index in [-0.39, 0.29) is 0 Å². The van der Waals surface area contributed by atoms with Crippen molar-refractivity contribution in [3.8, 4) is 0 Å². The van der Waals surface area contributed by atoms with Crippen LogP contribution in [-0.2, 0) is 11.3 Å². The van der Waals surface area contributed by atoms with Gasteiger partial charge in [0.15, 0.2) is 0 Å². The number of rotatable bonds is 7. The van der Waals surface area contributed by atoms with Crippen LogP contribution in [0.5, 0.6) is 0 Å². The molecule has 0 unspecified atom stereocenters. The van der Waals surface area contributed by atoms with Crippen LogP contribution in [0.2, 0.25) is 0 Å². The van der Waals surface area contributed by atoms with Gasteiger partial charge in [0.2, 0.25) is 0 Å². The Morgan fingerprint density at radius 1 is 1.38 bits per heavy atom. The molecule has 1 aromatic heterocycles. The maximum Gasteiger partial charge on any atom is 0.107 e. The fourth-order valence-corrected chi connectivity index (χ4v) is 2.18. The highest BCUT2D eigenvalue weighted by molar-refractivity contribution is 7.11. The van der Waals surface area contributed by atoms with E-state index in [2.05, 4.69) is 38.0 Å². The summed E-state index contributed by atoms with van der Waals surface area (Å²) in [7, 11) is 0. The maximum absolute atomic E-state index is 5.48. The molecule has 0 aliphatic carbocycles. The van der Waals surface area contributed by atoms with Crippen LogP contribution in [0.1, 0.15) is 29.4 Å². The number of nitrogens with one attached hydrogen (secondary N) is 1. The van der Waals surface area contributed by atoms with Crippen molar-refractivity contribution in [1.82, 2.24) is 10.3 Å². The van der Waals surface area contributed by atoms with E-state index >= 15 is 0 Å². The van der Waals surface area contributed by atoms with Gasteiger partial charge in [0.25, 0.3) is 0 Å². The van der Waals surface area contributed by atoms with Gasteiger partial charge in [-0.15, -0.1) is 11.3 Å². The van der Waals surface area contributed by atoms with Crippen molar-refractivity contribution >= 4 is 11.3 Å². The number of aryl methyl sites for hydroxylation is 2. The second-order valence-electron chi connectivity index (χ2n) is 4.39. The molecular formula is C12H22N2OS. The molecule has 3 nitrogen and oxygen atoms in total. The highest BCUT2D eigenvalue weighted by atomic mass is 32.1. The first-order valence-corrected chi connectivity index (χ1v) is 6.62. The van der Waals surface area contributed by atoms with Crippen LogP contribution >= 0.6 is 11.3 Å². The number of hydrogen-bond acceptors (Lipinski definition) is 4. The molecule has 0 spiro atoms. The van der Waals surface area contributed by atoms with Crippen LogP contribution in [0.15, 0.2) is 0 Å². The largest absolute Gasteiger partial charge is 0.380 e. The van der Waals surface area contributed by atoms with Gasteiger partial charge >= 0.3 is 0 Å². The first-order valence-electron chi connectivity index (χ1n) is 5.81. The zero-order valence-corrected chi connectivity index (χ0v) is 11.5. The Hall–Kier alpha value is -0.450. The van der Waals surface area contributed by atoms with Crippen LogP contribution < -0.4 is 5.32 Å². The van der Waals surface area contributed by atoms with Gasteiger partial charge in [-0.1, -0.05) is 13.8 Å². The molecule has 0 saturated heterocycles. The summed E-state index contributed by atoms with van der Waals surface area (Å²) in [6.07, 6.45) is 0. The fourth-order valence-electron chi connectivity index (χ4n) is 1.27. The van der Waals surface area contributed by atoms with Crippen LogP contribution in [0, 0.1) is 19.8 Å². The van der Waals surface area contributed by atoms with Gasteiger partial charge in [-0.05, 0) is 19.8 Å². The lowest BCUT2D eigenvalue weighted by Gasteiger charge is -2.06. The van der Waals surface area contributed by atoms with Crippen LogP contribution in [-0.4, -0.2) is 24.7 Å². The molecule has 0 aliphatic rings. The third kappa shape index (κ3) is 5.05. The van der Waals surface area contributed by atoms with Crippen LogP contribution in [0.4, 0.5) is 0 Å². The summed E-state index contributed by atoms with van der Waals surface area (Å²) in [5, 5.41) is 4.50. The molecule has 0 amide bonds. The Balaban J connectivity index is 2.07. The van der Waals surface area contributed by atoms with E-state index in [0.717, 1.165) is 32.0 Å². The maximum atomic E-state index is 5.48. The van der Waals surface area contributed by atoms with E-state index in [0.29, 0.717) is 5.92 Å². The van der Waals surface area contributed by atoms with Crippen molar-refractivity contribution in [1.29, 1.82) is 0 Å². The molecule has 1 heterocycles. The molecule has 4 heteroatoms. The molecule has 0 bridgehead atoms. The molecule has 0 aromatic carbocycles. The van der Waals surface area contributed by atoms with Crippen molar-refractivity contribution in [3.63, 3.8) is 0 Å². The minimum absolute atomic E-state index is 0.615. The monoisotopic (exact) mass is 242 g/mol. The zero-order chi connectivity index (χ0) is 12.0. The van der Waals surface area contributed by atoms with Gasteiger partial charge in [0.1, 0.15) is 5.01 Å². The van der Waals surface area contributed by atoms with Crippen molar-refractivity contribution in [2.75, 3.05) is 19.8 Å². The molecule has 16 heavy (non-hydrogen) atoms. The zero-order valence-electron chi connectivity index (χ0n) is 10.7. The highest BCUT2D eigenvalue weighted by Crippen LogP contribution is 2.15. The van der Waals surface area contributed by atoms with E-state index in [4.69, 9.17) is 4.74 Å². The topological polar surface area (TPSA) is 34.2 Å². The van der Waals surface area contributed by atoms with Crippen molar-refractivity contribution < 1.29 is 4.74 Å². The van der Waals surface area contributed by atoms with Crippen molar-refractivity contribution in [2.45, 2.75) is 34.2 Å². The summed E-state index contributed by atoms with van der Waals surface area (Å²) in [4.78, 5) is 5.78. The smallest absolute Gasteiger partial charge is 0.107 e. The second-order valence-corrected chi connectivity index (χ2v) is 5.68. The Bertz CT molecular complexity index is 290. The number of ether oxygens (including phenoxy) is 1. The van der Waals surface area contributed by atoms with Gasteiger partial charge in [-0.3, -0.25) is 0 Å². The summed E-state index contributed by atoms with van der Waals surface area (Å²) >= 11 is 1.77. The highest BCUT2D eigenvalue weighted by Gasteiger charge is 2.02.